The maximum atomic E-state index is 3.49. The Morgan fingerprint density at radius 1 is 1.08 bits per heavy atom. The van der Waals surface area contributed by atoms with Crippen molar-refractivity contribution in [2.75, 3.05) is 0 Å². The van der Waals surface area contributed by atoms with Gasteiger partial charge in [-0.2, -0.15) is 0 Å². The van der Waals surface area contributed by atoms with Gasteiger partial charge in [0.15, 0.2) is 0 Å². The number of alkyl halides is 2. The maximum Gasteiger partial charge on any atom is 0.0286 e. The van der Waals surface area contributed by atoms with Crippen molar-refractivity contribution in [3.05, 3.63) is 34.9 Å². The molecule has 0 saturated heterocycles. The van der Waals surface area contributed by atoms with Crippen LogP contribution in [-0.4, -0.2) is 0 Å². The molecule has 0 radical (unpaired) electrons. The highest BCUT2D eigenvalue weighted by atomic mass is 79.9. The zero-order valence-corrected chi connectivity index (χ0v) is 10.3. The molecule has 0 fully saturated rings. The van der Waals surface area contributed by atoms with Crippen LogP contribution < -0.4 is 0 Å². The lowest BCUT2D eigenvalue weighted by Crippen LogP contribution is -1.90. The number of halogens is 2. The lowest BCUT2D eigenvalue weighted by atomic mass is 10.1. The van der Waals surface area contributed by atoms with E-state index in [1.807, 2.05) is 0 Å². The second-order valence-corrected chi connectivity index (χ2v) is 3.85. The lowest BCUT2D eigenvalue weighted by molar-refractivity contribution is 1.12. The van der Waals surface area contributed by atoms with Crippen LogP contribution in [0, 0.1) is 0 Å². The SMILES string of the molecule is CCc1ccc(CBr)c(CBr)c1. The van der Waals surface area contributed by atoms with E-state index < -0.39 is 0 Å². The summed E-state index contributed by atoms with van der Waals surface area (Å²) in [6, 6.07) is 6.66. The summed E-state index contributed by atoms with van der Waals surface area (Å²) < 4.78 is 0. The first-order chi connectivity index (χ1) is 5.81. The quantitative estimate of drug-likeness (QED) is 0.738. The van der Waals surface area contributed by atoms with Gasteiger partial charge in [0.2, 0.25) is 0 Å². The van der Waals surface area contributed by atoms with Crippen molar-refractivity contribution in [3.63, 3.8) is 0 Å². The van der Waals surface area contributed by atoms with Crippen LogP contribution >= 0.6 is 31.9 Å². The maximum absolute atomic E-state index is 3.49. The molecule has 1 aromatic rings. The summed E-state index contributed by atoms with van der Waals surface area (Å²) in [5, 5.41) is 1.89. The Morgan fingerprint density at radius 2 is 1.75 bits per heavy atom. The highest BCUT2D eigenvalue weighted by Gasteiger charge is 2.00. The smallest absolute Gasteiger partial charge is 0.0286 e. The third kappa shape index (κ3) is 2.33. The fraction of sp³-hybridized carbons (Fsp3) is 0.400. The fourth-order valence-electron chi connectivity index (χ4n) is 1.15. The molecular weight excluding hydrogens is 280 g/mol. The van der Waals surface area contributed by atoms with Gasteiger partial charge >= 0.3 is 0 Å². The fourth-order valence-corrected chi connectivity index (χ4v) is 2.22. The van der Waals surface area contributed by atoms with Crippen LogP contribution in [0.5, 0.6) is 0 Å². The van der Waals surface area contributed by atoms with E-state index in [4.69, 9.17) is 0 Å². The first-order valence-electron chi connectivity index (χ1n) is 4.04. The summed E-state index contributed by atoms with van der Waals surface area (Å²) in [7, 11) is 0. The van der Waals surface area contributed by atoms with E-state index in [0.717, 1.165) is 17.1 Å². The van der Waals surface area contributed by atoms with Gasteiger partial charge in [-0.1, -0.05) is 57.0 Å². The summed E-state index contributed by atoms with van der Waals surface area (Å²) in [5.41, 5.74) is 4.18. The van der Waals surface area contributed by atoms with Crippen LogP contribution in [0.3, 0.4) is 0 Å². The van der Waals surface area contributed by atoms with Crippen molar-refractivity contribution >= 4 is 31.9 Å². The van der Waals surface area contributed by atoms with Crippen LogP contribution in [-0.2, 0) is 17.1 Å². The standard InChI is InChI=1S/C10H12Br2/c1-2-8-3-4-9(6-11)10(5-8)7-12/h3-5H,2,6-7H2,1H3. The topological polar surface area (TPSA) is 0 Å². The van der Waals surface area contributed by atoms with Gasteiger partial charge in [-0.25, -0.2) is 0 Å². The summed E-state index contributed by atoms with van der Waals surface area (Å²) in [6.07, 6.45) is 1.11. The monoisotopic (exact) mass is 290 g/mol. The number of hydrogen-bond acceptors (Lipinski definition) is 0. The third-order valence-corrected chi connectivity index (χ3v) is 3.18. The summed E-state index contributed by atoms with van der Waals surface area (Å²) in [5.74, 6) is 0. The molecule has 0 aliphatic heterocycles. The van der Waals surface area contributed by atoms with Gasteiger partial charge < -0.3 is 0 Å². The van der Waals surface area contributed by atoms with Gasteiger partial charge in [0.25, 0.3) is 0 Å². The van der Waals surface area contributed by atoms with Crippen LogP contribution in [0.15, 0.2) is 18.2 Å². The van der Waals surface area contributed by atoms with Gasteiger partial charge in [0, 0.05) is 10.7 Å². The molecule has 0 aliphatic rings. The second-order valence-electron chi connectivity index (χ2n) is 2.72. The molecule has 12 heavy (non-hydrogen) atoms. The van der Waals surface area contributed by atoms with E-state index in [9.17, 15) is 0 Å². The van der Waals surface area contributed by atoms with E-state index >= 15 is 0 Å². The third-order valence-electron chi connectivity index (χ3n) is 1.97. The Bertz CT molecular complexity index is 256. The van der Waals surface area contributed by atoms with Crippen molar-refractivity contribution in [2.24, 2.45) is 0 Å². The predicted octanol–water partition coefficient (Wildman–Crippen LogP) is 4.04. The molecule has 0 amide bonds. The van der Waals surface area contributed by atoms with Gasteiger partial charge in [0.05, 0.1) is 0 Å². The van der Waals surface area contributed by atoms with E-state index in [1.54, 1.807) is 0 Å². The molecule has 1 rings (SSSR count). The Morgan fingerprint density at radius 3 is 2.25 bits per heavy atom. The Balaban J connectivity index is 3.02. The van der Waals surface area contributed by atoms with Crippen LogP contribution in [0.25, 0.3) is 0 Å². The summed E-state index contributed by atoms with van der Waals surface area (Å²) in [4.78, 5) is 0. The minimum absolute atomic E-state index is 0.942. The van der Waals surface area contributed by atoms with E-state index in [0.29, 0.717) is 0 Å². The molecule has 0 heterocycles. The van der Waals surface area contributed by atoms with Crippen LogP contribution in [0.1, 0.15) is 23.6 Å². The predicted molar refractivity (Wildman–Crippen MR) is 61.1 cm³/mol. The van der Waals surface area contributed by atoms with E-state index in [2.05, 4.69) is 57.0 Å². The highest BCUT2D eigenvalue weighted by Crippen LogP contribution is 2.18. The molecule has 1 aromatic carbocycles. The zero-order valence-electron chi connectivity index (χ0n) is 7.11. The second kappa shape index (κ2) is 5.03. The molecule has 0 spiro atoms. The number of benzene rings is 1. The lowest BCUT2D eigenvalue weighted by Gasteiger charge is -2.05. The minimum atomic E-state index is 0.942. The van der Waals surface area contributed by atoms with Crippen molar-refractivity contribution in [1.82, 2.24) is 0 Å². The van der Waals surface area contributed by atoms with Crippen molar-refractivity contribution in [2.45, 2.75) is 24.0 Å². The first-order valence-corrected chi connectivity index (χ1v) is 6.28. The van der Waals surface area contributed by atoms with Gasteiger partial charge in [-0.15, -0.1) is 0 Å². The molecule has 0 aliphatic carbocycles. The number of rotatable bonds is 3. The minimum Gasteiger partial charge on any atom is -0.0876 e. The molecule has 0 unspecified atom stereocenters. The van der Waals surface area contributed by atoms with E-state index in [1.165, 1.54) is 16.7 Å². The summed E-state index contributed by atoms with van der Waals surface area (Å²) >= 11 is 6.97. The summed E-state index contributed by atoms with van der Waals surface area (Å²) in [6.45, 7) is 2.18. The molecule has 0 N–H and O–H groups in total. The Kier molecular flexibility index (Phi) is 4.30. The molecule has 0 bridgehead atoms. The molecule has 0 saturated carbocycles. The molecule has 0 atom stereocenters. The van der Waals surface area contributed by atoms with Crippen LogP contribution in [0.4, 0.5) is 0 Å². The van der Waals surface area contributed by atoms with Gasteiger partial charge in [0.1, 0.15) is 0 Å². The number of aryl methyl sites for hydroxylation is 1. The van der Waals surface area contributed by atoms with Crippen molar-refractivity contribution in [1.29, 1.82) is 0 Å². The van der Waals surface area contributed by atoms with E-state index in [-0.39, 0.29) is 0 Å². The van der Waals surface area contributed by atoms with Gasteiger partial charge in [-0.3, -0.25) is 0 Å². The Hall–Kier alpha value is 0.180. The van der Waals surface area contributed by atoms with Crippen molar-refractivity contribution < 1.29 is 0 Å². The Labute approximate surface area is 90.6 Å². The first kappa shape index (κ1) is 10.3. The zero-order chi connectivity index (χ0) is 8.97. The molecule has 66 valence electrons. The van der Waals surface area contributed by atoms with Crippen LogP contribution in [0.2, 0.25) is 0 Å². The number of hydrogen-bond donors (Lipinski definition) is 0. The average molecular weight is 292 g/mol. The highest BCUT2D eigenvalue weighted by molar-refractivity contribution is 9.09. The van der Waals surface area contributed by atoms with Crippen molar-refractivity contribution in [3.8, 4) is 0 Å². The normalized spacial score (nSPS) is 10.2. The molecule has 0 aromatic heterocycles. The largest absolute Gasteiger partial charge is 0.0876 e. The molecule has 0 nitrogen and oxygen atoms in total. The average Bonchev–Trinajstić information content (AvgIpc) is 2.16. The molecule has 2 heteroatoms. The van der Waals surface area contributed by atoms with Gasteiger partial charge in [-0.05, 0) is 23.1 Å². The molecular formula is C10H12Br2.